The van der Waals surface area contributed by atoms with Gasteiger partial charge < -0.3 is 9.47 Å². The number of para-hydroxylation sites is 1. The molecule has 0 atom stereocenters. The maximum atomic E-state index is 13.2. The second-order valence-corrected chi connectivity index (χ2v) is 8.04. The fraction of sp³-hybridized carbons (Fsp3) is 0.136. The fourth-order valence-electron chi connectivity index (χ4n) is 2.68. The van der Waals surface area contributed by atoms with E-state index in [9.17, 15) is 17.6 Å². The van der Waals surface area contributed by atoms with E-state index in [4.69, 9.17) is 9.47 Å². The van der Waals surface area contributed by atoms with Gasteiger partial charge in [-0.05, 0) is 67.6 Å². The molecule has 6 nitrogen and oxygen atoms in total. The van der Waals surface area contributed by atoms with E-state index in [1.807, 2.05) is 18.2 Å². The molecule has 0 amide bonds. The maximum absolute atomic E-state index is 13.2. The lowest BCUT2D eigenvalue weighted by atomic mass is 10.3. The van der Waals surface area contributed by atoms with Gasteiger partial charge in [0.05, 0.1) is 17.2 Å². The van der Waals surface area contributed by atoms with Gasteiger partial charge in [0.25, 0.3) is 10.0 Å². The second kappa shape index (κ2) is 9.41. The van der Waals surface area contributed by atoms with Crippen LogP contribution in [0.25, 0.3) is 0 Å². The molecule has 0 spiro atoms. The zero-order valence-electron chi connectivity index (χ0n) is 16.2. The number of benzene rings is 3. The Kier molecular flexibility index (Phi) is 6.68. The molecule has 0 bridgehead atoms. The van der Waals surface area contributed by atoms with E-state index >= 15 is 0 Å². The molecule has 0 aliphatic carbocycles. The van der Waals surface area contributed by atoms with E-state index in [2.05, 4.69) is 0 Å². The average Bonchev–Trinajstić information content (AvgIpc) is 2.74. The van der Waals surface area contributed by atoms with Gasteiger partial charge >= 0.3 is 5.97 Å². The number of ether oxygens (including phenoxy) is 2. The van der Waals surface area contributed by atoms with Crippen LogP contribution in [0.1, 0.15) is 6.92 Å². The van der Waals surface area contributed by atoms with Crippen LogP contribution in [-0.4, -0.2) is 27.5 Å². The van der Waals surface area contributed by atoms with E-state index in [1.54, 1.807) is 31.2 Å². The molecule has 0 radical (unpaired) electrons. The lowest BCUT2D eigenvalue weighted by Crippen LogP contribution is -2.36. The first-order valence-corrected chi connectivity index (χ1v) is 10.6. The van der Waals surface area contributed by atoms with Crippen LogP contribution >= 0.6 is 0 Å². The van der Waals surface area contributed by atoms with E-state index in [0.717, 1.165) is 28.6 Å². The molecule has 0 N–H and O–H groups in total. The number of rotatable bonds is 8. The molecule has 156 valence electrons. The van der Waals surface area contributed by atoms with Gasteiger partial charge in [-0.2, -0.15) is 0 Å². The minimum Gasteiger partial charge on any atom is -0.465 e. The van der Waals surface area contributed by atoms with E-state index in [0.29, 0.717) is 11.5 Å². The summed E-state index contributed by atoms with van der Waals surface area (Å²) in [5.74, 6) is -0.131. The molecule has 3 aromatic rings. The molecule has 0 heterocycles. The summed E-state index contributed by atoms with van der Waals surface area (Å²) in [6, 6.07) is 19.8. The van der Waals surface area contributed by atoms with Crippen molar-refractivity contribution in [3.63, 3.8) is 0 Å². The van der Waals surface area contributed by atoms with Crippen molar-refractivity contribution in [1.82, 2.24) is 0 Å². The third kappa shape index (κ3) is 5.15. The number of carbonyl (C=O) groups is 1. The number of carbonyl (C=O) groups excluding carboxylic acids is 1. The molecule has 8 heteroatoms. The highest BCUT2D eigenvalue weighted by molar-refractivity contribution is 7.92. The topological polar surface area (TPSA) is 72.9 Å². The number of hydrogen-bond acceptors (Lipinski definition) is 5. The number of sulfonamides is 1. The predicted molar refractivity (Wildman–Crippen MR) is 111 cm³/mol. The zero-order chi connectivity index (χ0) is 21.6. The van der Waals surface area contributed by atoms with Gasteiger partial charge in [-0.25, -0.2) is 12.8 Å². The molecule has 30 heavy (non-hydrogen) atoms. The van der Waals surface area contributed by atoms with Crippen molar-refractivity contribution in [2.24, 2.45) is 0 Å². The smallest absolute Gasteiger partial charge is 0.326 e. The lowest BCUT2D eigenvalue weighted by Gasteiger charge is -2.24. The van der Waals surface area contributed by atoms with Gasteiger partial charge in [0.2, 0.25) is 0 Å². The van der Waals surface area contributed by atoms with Crippen molar-refractivity contribution < 1.29 is 27.1 Å². The lowest BCUT2D eigenvalue weighted by molar-refractivity contribution is -0.141. The van der Waals surface area contributed by atoms with Crippen LogP contribution in [0.15, 0.2) is 83.8 Å². The number of esters is 1. The Balaban J connectivity index is 1.91. The second-order valence-electron chi connectivity index (χ2n) is 6.18. The largest absolute Gasteiger partial charge is 0.465 e. The summed E-state index contributed by atoms with van der Waals surface area (Å²) >= 11 is 0. The third-order valence-electron chi connectivity index (χ3n) is 4.08. The van der Waals surface area contributed by atoms with Gasteiger partial charge in [-0.1, -0.05) is 18.2 Å². The Morgan fingerprint density at radius 1 is 0.900 bits per heavy atom. The van der Waals surface area contributed by atoms with E-state index in [1.165, 1.54) is 12.1 Å². The molecule has 0 aliphatic rings. The Hall–Kier alpha value is -3.39. The van der Waals surface area contributed by atoms with Crippen LogP contribution in [0.2, 0.25) is 0 Å². The number of halogens is 1. The van der Waals surface area contributed by atoms with Crippen molar-refractivity contribution in [2.75, 3.05) is 17.5 Å². The molecule has 0 aliphatic heterocycles. The number of hydrogen-bond donors (Lipinski definition) is 0. The highest BCUT2D eigenvalue weighted by Crippen LogP contribution is 2.28. The molecular formula is C22H20FNO5S. The van der Waals surface area contributed by atoms with Crippen molar-refractivity contribution in [1.29, 1.82) is 0 Å². The molecule has 3 aromatic carbocycles. The van der Waals surface area contributed by atoms with Crippen LogP contribution in [0.3, 0.4) is 0 Å². The van der Waals surface area contributed by atoms with Crippen LogP contribution < -0.4 is 9.04 Å². The van der Waals surface area contributed by atoms with Crippen LogP contribution in [0.5, 0.6) is 11.5 Å². The predicted octanol–water partition coefficient (Wildman–Crippen LogP) is 4.38. The van der Waals surface area contributed by atoms with Crippen LogP contribution in [0, 0.1) is 5.82 Å². The van der Waals surface area contributed by atoms with Gasteiger partial charge in [-0.15, -0.1) is 0 Å². The van der Waals surface area contributed by atoms with Crippen molar-refractivity contribution in [3.05, 3.63) is 84.7 Å². The van der Waals surface area contributed by atoms with Gasteiger partial charge in [-0.3, -0.25) is 9.10 Å². The summed E-state index contributed by atoms with van der Waals surface area (Å²) < 4.78 is 51.0. The summed E-state index contributed by atoms with van der Waals surface area (Å²) in [4.78, 5) is 11.9. The quantitative estimate of drug-likeness (QED) is 0.497. The van der Waals surface area contributed by atoms with E-state index < -0.39 is 28.4 Å². The summed E-state index contributed by atoms with van der Waals surface area (Å²) in [5.41, 5.74) is 0.243. The molecule has 0 aromatic heterocycles. The molecule has 0 saturated heterocycles. The minimum absolute atomic E-state index is 0.118. The normalized spacial score (nSPS) is 11.0. The number of anilines is 1. The SMILES string of the molecule is CCOC(=O)CN(c1ccc(Oc2ccccc2)cc1)S(=O)(=O)c1ccc(F)cc1. The third-order valence-corrected chi connectivity index (χ3v) is 5.87. The molecular weight excluding hydrogens is 409 g/mol. The molecule has 0 fully saturated rings. The molecule has 3 rings (SSSR count). The van der Waals surface area contributed by atoms with Crippen molar-refractivity contribution in [3.8, 4) is 11.5 Å². The minimum atomic E-state index is -4.13. The fourth-order valence-corrected chi connectivity index (χ4v) is 4.09. The first kappa shape index (κ1) is 21.3. The molecule has 0 saturated carbocycles. The summed E-state index contributed by atoms with van der Waals surface area (Å²) in [5, 5.41) is 0. The first-order valence-electron chi connectivity index (χ1n) is 9.17. The zero-order valence-corrected chi connectivity index (χ0v) is 17.0. The van der Waals surface area contributed by atoms with Gasteiger partial charge in [0, 0.05) is 0 Å². The highest BCUT2D eigenvalue weighted by atomic mass is 32.2. The Morgan fingerprint density at radius 2 is 1.50 bits per heavy atom. The summed E-state index contributed by atoms with van der Waals surface area (Å²) in [6.07, 6.45) is 0. The van der Waals surface area contributed by atoms with Gasteiger partial charge in [0.1, 0.15) is 23.9 Å². The first-order chi connectivity index (χ1) is 14.4. The van der Waals surface area contributed by atoms with Crippen LogP contribution in [0.4, 0.5) is 10.1 Å². The number of nitrogens with zero attached hydrogens (tertiary/aromatic N) is 1. The summed E-state index contributed by atoms with van der Waals surface area (Å²) in [7, 11) is -4.13. The molecule has 0 unspecified atom stereocenters. The summed E-state index contributed by atoms with van der Waals surface area (Å²) in [6.45, 7) is 1.23. The Bertz CT molecular complexity index is 1080. The van der Waals surface area contributed by atoms with Gasteiger partial charge in [0.15, 0.2) is 0 Å². The monoisotopic (exact) mass is 429 g/mol. The Labute approximate surface area is 174 Å². The van der Waals surface area contributed by atoms with Crippen molar-refractivity contribution >= 4 is 21.7 Å². The average molecular weight is 429 g/mol. The van der Waals surface area contributed by atoms with Crippen molar-refractivity contribution in [2.45, 2.75) is 11.8 Å². The van der Waals surface area contributed by atoms with E-state index in [-0.39, 0.29) is 17.2 Å². The standard InChI is InChI=1S/C22H20FNO5S/c1-2-28-22(25)16-24(30(26,27)21-14-8-17(23)9-15-21)18-10-12-20(13-11-18)29-19-6-4-3-5-7-19/h3-15H,2,16H2,1H3. The van der Waals surface area contributed by atoms with Crippen LogP contribution in [-0.2, 0) is 19.6 Å². The highest BCUT2D eigenvalue weighted by Gasteiger charge is 2.27. The maximum Gasteiger partial charge on any atom is 0.326 e. The Morgan fingerprint density at radius 3 is 2.10 bits per heavy atom.